The van der Waals surface area contributed by atoms with E-state index in [2.05, 4.69) is 21.2 Å². The summed E-state index contributed by atoms with van der Waals surface area (Å²) in [5.74, 6) is -0.810. The molecule has 3 amide bonds. The number of amides is 3. The van der Waals surface area contributed by atoms with E-state index in [4.69, 9.17) is 18.6 Å². The van der Waals surface area contributed by atoms with Crippen LogP contribution in [-0.4, -0.2) is 50.7 Å². The maximum Gasteiger partial charge on any atom is 0.338 e. The molecule has 0 fully saturated rings. The zero-order valence-electron chi connectivity index (χ0n) is 21.6. The number of carbonyl (C=O) groups excluding carboxylic acids is 4. The lowest BCUT2D eigenvalue weighted by Gasteiger charge is -2.09. The zero-order valence-corrected chi connectivity index (χ0v) is 21.6. The van der Waals surface area contributed by atoms with E-state index < -0.39 is 17.8 Å². The minimum atomic E-state index is -0.885. The van der Waals surface area contributed by atoms with Gasteiger partial charge >= 0.3 is 17.8 Å². The summed E-state index contributed by atoms with van der Waals surface area (Å²) < 4.78 is 20.8. The number of anilines is 1. The van der Waals surface area contributed by atoms with Gasteiger partial charge in [-0.15, -0.1) is 0 Å². The summed E-state index contributed by atoms with van der Waals surface area (Å²) in [6.07, 6.45) is 1.38. The van der Waals surface area contributed by atoms with Crippen LogP contribution in [0.5, 0.6) is 11.5 Å². The first-order chi connectivity index (χ1) is 18.8. The molecule has 1 heterocycles. The van der Waals surface area contributed by atoms with Crippen molar-refractivity contribution in [2.24, 2.45) is 5.10 Å². The number of hydrogen-bond acceptors (Lipinski definition) is 9. The van der Waals surface area contributed by atoms with Gasteiger partial charge in [-0.1, -0.05) is 6.07 Å². The molecule has 0 aliphatic heterocycles. The van der Waals surface area contributed by atoms with Crippen LogP contribution in [-0.2, 0) is 32.1 Å². The molecule has 3 aromatic rings. The number of hydrogen-bond donors (Lipinski definition) is 3. The highest BCUT2D eigenvalue weighted by Crippen LogP contribution is 2.27. The predicted octanol–water partition coefficient (Wildman–Crippen LogP) is 2.42. The third kappa shape index (κ3) is 8.45. The lowest BCUT2D eigenvalue weighted by Crippen LogP contribution is -2.34. The van der Waals surface area contributed by atoms with Gasteiger partial charge < -0.3 is 29.3 Å². The van der Waals surface area contributed by atoms with Crippen LogP contribution in [0.1, 0.15) is 34.4 Å². The molecule has 0 bridgehead atoms. The molecule has 204 valence electrons. The monoisotopic (exact) mass is 536 g/mol. The number of furan rings is 1. The zero-order chi connectivity index (χ0) is 28.2. The summed E-state index contributed by atoms with van der Waals surface area (Å²) in [4.78, 5) is 48.1. The van der Waals surface area contributed by atoms with E-state index in [1.165, 1.54) is 44.7 Å². The first-order valence-corrected chi connectivity index (χ1v) is 11.8. The van der Waals surface area contributed by atoms with Crippen molar-refractivity contribution in [1.82, 2.24) is 10.7 Å². The van der Waals surface area contributed by atoms with Crippen LogP contribution in [0.4, 0.5) is 5.69 Å². The Morgan fingerprint density at radius 1 is 0.923 bits per heavy atom. The van der Waals surface area contributed by atoms with E-state index in [9.17, 15) is 19.2 Å². The topological polar surface area (TPSA) is 158 Å². The minimum Gasteiger partial charge on any atom is -0.493 e. The van der Waals surface area contributed by atoms with Crippen molar-refractivity contribution in [1.29, 1.82) is 0 Å². The van der Waals surface area contributed by atoms with Crippen molar-refractivity contribution in [2.75, 3.05) is 26.1 Å². The summed E-state index contributed by atoms with van der Waals surface area (Å²) in [5, 5.41) is 8.76. The van der Waals surface area contributed by atoms with Crippen LogP contribution >= 0.6 is 0 Å². The molecule has 0 aliphatic carbocycles. The normalized spacial score (nSPS) is 10.5. The average molecular weight is 537 g/mol. The summed E-state index contributed by atoms with van der Waals surface area (Å²) in [6, 6.07) is 14.3. The minimum absolute atomic E-state index is 0.0481. The number of hydrazone groups is 1. The maximum absolute atomic E-state index is 12.2. The van der Waals surface area contributed by atoms with E-state index in [-0.39, 0.29) is 25.5 Å². The number of nitrogens with zero attached hydrogens (tertiary/aromatic N) is 1. The van der Waals surface area contributed by atoms with Gasteiger partial charge in [-0.3, -0.25) is 14.4 Å². The van der Waals surface area contributed by atoms with Gasteiger partial charge in [0, 0.05) is 5.69 Å². The third-order valence-corrected chi connectivity index (χ3v) is 5.16. The molecule has 12 nitrogen and oxygen atoms in total. The van der Waals surface area contributed by atoms with E-state index in [1.54, 1.807) is 37.3 Å². The Bertz CT molecular complexity index is 1350. The highest BCUT2D eigenvalue weighted by Gasteiger charge is 2.15. The smallest absolute Gasteiger partial charge is 0.338 e. The predicted molar refractivity (Wildman–Crippen MR) is 141 cm³/mol. The number of methoxy groups -OCH3 is 2. The highest BCUT2D eigenvalue weighted by atomic mass is 16.5. The average Bonchev–Trinajstić information content (AvgIpc) is 3.39. The van der Waals surface area contributed by atoms with Gasteiger partial charge in [-0.25, -0.2) is 10.2 Å². The second kappa shape index (κ2) is 14.0. The first-order valence-electron chi connectivity index (χ1n) is 11.8. The summed E-state index contributed by atoms with van der Waals surface area (Å²) in [5.41, 5.74) is 3.79. The molecule has 0 unspecified atom stereocenters. The Kier molecular flexibility index (Phi) is 10.2. The number of benzene rings is 2. The van der Waals surface area contributed by atoms with Gasteiger partial charge in [0.05, 0.1) is 45.6 Å². The van der Waals surface area contributed by atoms with Crippen LogP contribution in [0, 0.1) is 0 Å². The molecule has 3 rings (SSSR count). The molecule has 0 spiro atoms. The largest absolute Gasteiger partial charge is 0.493 e. The maximum atomic E-state index is 12.2. The summed E-state index contributed by atoms with van der Waals surface area (Å²) in [7, 11) is 3.04. The standard InChI is InChI=1S/C27H28N4O8/c1-4-38-27(35)18-6-8-19(9-7-18)30-26(34)25(33)28-15-20-10-11-21(39-20)16-29-31-24(32)14-17-5-12-22(36-2)23(13-17)37-3/h5-13,16H,4,14-15H2,1-3H3,(H,28,33)(H,30,34)(H,31,32)/b29-16-. The van der Waals surface area contributed by atoms with Crippen LogP contribution < -0.4 is 25.5 Å². The Hall–Kier alpha value is -5.13. The van der Waals surface area contributed by atoms with Crippen LogP contribution in [0.2, 0.25) is 0 Å². The fourth-order valence-corrected chi connectivity index (χ4v) is 3.28. The van der Waals surface area contributed by atoms with Crippen molar-refractivity contribution in [3.05, 3.63) is 77.2 Å². The van der Waals surface area contributed by atoms with Gasteiger partial charge in [-0.05, 0) is 61.0 Å². The Morgan fingerprint density at radius 2 is 1.67 bits per heavy atom. The van der Waals surface area contributed by atoms with E-state index in [1.807, 2.05) is 0 Å². The third-order valence-electron chi connectivity index (χ3n) is 5.16. The van der Waals surface area contributed by atoms with Crippen molar-refractivity contribution >= 4 is 35.6 Å². The quantitative estimate of drug-likeness (QED) is 0.146. The molecular weight excluding hydrogens is 508 g/mol. The van der Waals surface area contributed by atoms with Crippen LogP contribution in [0.15, 0.2) is 64.1 Å². The first kappa shape index (κ1) is 28.4. The molecule has 0 saturated carbocycles. The molecule has 39 heavy (non-hydrogen) atoms. The molecule has 0 atom stereocenters. The van der Waals surface area contributed by atoms with Crippen molar-refractivity contribution in [3.63, 3.8) is 0 Å². The molecule has 3 N–H and O–H groups in total. The van der Waals surface area contributed by atoms with Gasteiger partial charge in [0.25, 0.3) is 0 Å². The lowest BCUT2D eigenvalue weighted by molar-refractivity contribution is -0.136. The molecule has 0 aliphatic rings. The second-order valence-electron chi connectivity index (χ2n) is 7.90. The van der Waals surface area contributed by atoms with Crippen LogP contribution in [0.3, 0.4) is 0 Å². The van der Waals surface area contributed by atoms with Gasteiger partial charge in [0.2, 0.25) is 5.91 Å². The van der Waals surface area contributed by atoms with E-state index in [0.29, 0.717) is 39.8 Å². The Labute approximate surface area is 224 Å². The fourth-order valence-electron chi connectivity index (χ4n) is 3.28. The van der Waals surface area contributed by atoms with Crippen LogP contribution in [0.25, 0.3) is 0 Å². The number of rotatable bonds is 11. The molecule has 2 aromatic carbocycles. The van der Waals surface area contributed by atoms with Gasteiger partial charge in [0.1, 0.15) is 11.5 Å². The molecule has 0 radical (unpaired) electrons. The van der Waals surface area contributed by atoms with Gasteiger partial charge in [-0.2, -0.15) is 5.10 Å². The number of nitrogens with one attached hydrogen (secondary N) is 3. The van der Waals surface area contributed by atoms with Crippen molar-refractivity contribution in [2.45, 2.75) is 19.9 Å². The number of ether oxygens (including phenoxy) is 3. The number of esters is 1. The number of carbonyl (C=O) groups is 4. The van der Waals surface area contributed by atoms with Crippen molar-refractivity contribution in [3.8, 4) is 11.5 Å². The molecule has 1 aromatic heterocycles. The SMILES string of the molecule is CCOC(=O)c1ccc(NC(=O)C(=O)NCc2ccc(/C=N\NC(=O)Cc3ccc(OC)c(OC)c3)o2)cc1. The van der Waals surface area contributed by atoms with E-state index in [0.717, 1.165) is 0 Å². The second-order valence-corrected chi connectivity index (χ2v) is 7.90. The fraction of sp³-hybridized carbons (Fsp3) is 0.222. The lowest BCUT2D eigenvalue weighted by atomic mass is 10.1. The van der Waals surface area contributed by atoms with Crippen molar-refractivity contribution < 1.29 is 37.8 Å². The Balaban J connectivity index is 1.43. The Morgan fingerprint density at radius 3 is 2.36 bits per heavy atom. The molecule has 12 heteroatoms. The molecule has 0 saturated heterocycles. The molecular formula is C27H28N4O8. The summed E-state index contributed by atoms with van der Waals surface area (Å²) >= 11 is 0. The summed E-state index contributed by atoms with van der Waals surface area (Å²) in [6.45, 7) is 1.90. The van der Waals surface area contributed by atoms with Gasteiger partial charge in [0.15, 0.2) is 11.5 Å². The van der Waals surface area contributed by atoms with E-state index >= 15 is 0 Å². The highest BCUT2D eigenvalue weighted by molar-refractivity contribution is 6.39.